The molecule has 0 aromatic carbocycles. The quantitative estimate of drug-likeness (QED) is 0.791. The van der Waals surface area contributed by atoms with Crippen molar-refractivity contribution < 1.29 is 13.2 Å². The number of sulfonamides is 1. The van der Waals surface area contributed by atoms with Gasteiger partial charge in [0.05, 0.1) is 0 Å². The lowest BCUT2D eigenvalue weighted by Gasteiger charge is -2.16. The van der Waals surface area contributed by atoms with Crippen molar-refractivity contribution in [3.8, 4) is 0 Å². The van der Waals surface area contributed by atoms with Crippen molar-refractivity contribution in [3.05, 3.63) is 38.7 Å². The maximum Gasteiger partial charge on any atom is 0.265 e. The average molecular weight is 408 g/mol. The number of halogens is 1. The van der Waals surface area contributed by atoms with Gasteiger partial charge in [-0.1, -0.05) is 6.07 Å². The lowest BCUT2D eigenvalue weighted by molar-refractivity contribution is 0.0792. The number of carbonyl (C=O) groups is 1. The van der Waals surface area contributed by atoms with E-state index in [2.05, 4.69) is 4.72 Å². The molecular formula is C14H18ClN3O3S3. The Bertz CT molecular complexity index is 789. The summed E-state index contributed by atoms with van der Waals surface area (Å²) < 4.78 is 27.5. The molecule has 3 heterocycles. The zero-order valence-corrected chi connectivity index (χ0v) is 15.9. The van der Waals surface area contributed by atoms with E-state index in [1.165, 1.54) is 17.4 Å². The van der Waals surface area contributed by atoms with E-state index in [9.17, 15) is 13.2 Å². The van der Waals surface area contributed by atoms with Crippen molar-refractivity contribution in [2.45, 2.75) is 23.9 Å². The van der Waals surface area contributed by atoms with E-state index >= 15 is 0 Å². The zero-order chi connectivity index (χ0) is 16.4. The van der Waals surface area contributed by atoms with Crippen LogP contribution in [-0.4, -0.2) is 38.4 Å². The summed E-state index contributed by atoms with van der Waals surface area (Å²) in [5, 5.41) is 3.52. The third kappa shape index (κ3) is 4.16. The third-order valence-corrected chi connectivity index (χ3v) is 6.99. The Kier molecular flexibility index (Phi) is 6.40. The molecule has 132 valence electrons. The molecule has 1 amide bonds. The van der Waals surface area contributed by atoms with Gasteiger partial charge in [0.15, 0.2) is 0 Å². The molecule has 1 saturated heterocycles. The van der Waals surface area contributed by atoms with Gasteiger partial charge in [0.2, 0.25) is 10.0 Å². The Labute approximate surface area is 155 Å². The molecular weight excluding hydrogens is 390 g/mol. The van der Waals surface area contributed by atoms with Crippen LogP contribution in [0.2, 0.25) is 0 Å². The van der Waals surface area contributed by atoms with Crippen LogP contribution < -0.4 is 10.5 Å². The van der Waals surface area contributed by atoms with Crippen LogP contribution >= 0.6 is 35.1 Å². The molecule has 1 fully saturated rings. The van der Waals surface area contributed by atoms with Gasteiger partial charge in [-0.3, -0.25) is 4.79 Å². The second kappa shape index (κ2) is 7.94. The highest BCUT2D eigenvalue weighted by Gasteiger charge is 2.30. The third-order valence-electron chi connectivity index (χ3n) is 3.64. The predicted molar refractivity (Wildman–Crippen MR) is 98.4 cm³/mol. The Morgan fingerprint density at radius 1 is 1.33 bits per heavy atom. The number of nitrogens with two attached hydrogens (primary N) is 1. The highest BCUT2D eigenvalue weighted by atomic mass is 35.5. The van der Waals surface area contributed by atoms with Gasteiger partial charge in [-0.2, -0.15) is 0 Å². The molecule has 6 nitrogen and oxygen atoms in total. The standard InChI is InChI=1S/C14H17N3O3S3.ClH/c15-10-3-5-17(9-10)14(18)13-12(4-7-22-13)23(19,20)16-8-11-2-1-6-21-11;/h1-2,4,6-7,10,16H,3,5,8-9,15H2;1H/t10-;/m1./s1. The van der Waals surface area contributed by atoms with Crippen LogP contribution in [0.3, 0.4) is 0 Å². The lowest BCUT2D eigenvalue weighted by Crippen LogP contribution is -2.33. The Balaban J connectivity index is 0.00000208. The molecule has 2 aromatic rings. The number of likely N-dealkylation sites (tertiary alicyclic amines) is 1. The minimum atomic E-state index is -3.72. The number of nitrogens with one attached hydrogen (secondary N) is 1. The Morgan fingerprint density at radius 3 is 2.75 bits per heavy atom. The molecule has 3 N–H and O–H groups in total. The lowest BCUT2D eigenvalue weighted by atomic mass is 10.3. The SMILES string of the molecule is Cl.N[C@@H]1CCN(C(=O)c2sccc2S(=O)(=O)NCc2cccs2)C1. The van der Waals surface area contributed by atoms with E-state index in [1.807, 2.05) is 17.5 Å². The molecule has 0 saturated carbocycles. The van der Waals surface area contributed by atoms with Crippen molar-refractivity contribution in [3.63, 3.8) is 0 Å². The average Bonchev–Trinajstić information content (AvgIpc) is 3.25. The molecule has 10 heteroatoms. The summed E-state index contributed by atoms with van der Waals surface area (Å²) in [7, 11) is -3.72. The van der Waals surface area contributed by atoms with Crippen LogP contribution in [-0.2, 0) is 16.6 Å². The van der Waals surface area contributed by atoms with Gasteiger partial charge in [0.25, 0.3) is 5.91 Å². The summed E-state index contributed by atoms with van der Waals surface area (Å²) >= 11 is 2.63. The van der Waals surface area contributed by atoms with Crippen LogP contribution in [0.15, 0.2) is 33.9 Å². The molecule has 0 unspecified atom stereocenters. The summed E-state index contributed by atoms with van der Waals surface area (Å²) in [4.78, 5) is 15.4. The fourth-order valence-corrected chi connectivity index (χ4v) is 5.57. The number of thiophene rings is 2. The smallest absolute Gasteiger partial charge is 0.265 e. The highest BCUT2D eigenvalue weighted by molar-refractivity contribution is 7.89. The van der Waals surface area contributed by atoms with Crippen LogP contribution in [0.25, 0.3) is 0 Å². The second-order valence-corrected chi connectivity index (χ2v) is 9.00. The largest absolute Gasteiger partial charge is 0.336 e. The topological polar surface area (TPSA) is 92.5 Å². The van der Waals surface area contributed by atoms with E-state index < -0.39 is 10.0 Å². The number of rotatable bonds is 5. The molecule has 0 radical (unpaired) electrons. The molecule has 2 aromatic heterocycles. The first kappa shape index (κ1) is 19.4. The van der Waals surface area contributed by atoms with E-state index in [1.54, 1.807) is 10.3 Å². The Hall–Kier alpha value is -0.970. The summed E-state index contributed by atoms with van der Waals surface area (Å²) in [5.74, 6) is -0.260. The van der Waals surface area contributed by atoms with Gasteiger partial charge >= 0.3 is 0 Å². The maximum absolute atomic E-state index is 12.5. The number of amides is 1. The zero-order valence-electron chi connectivity index (χ0n) is 12.7. The minimum absolute atomic E-state index is 0. The molecule has 1 aliphatic heterocycles. The Morgan fingerprint density at radius 2 is 2.12 bits per heavy atom. The van der Waals surface area contributed by atoms with Crippen molar-refractivity contribution in [1.82, 2.24) is 9.62 Å². The van der Waals surface area contributed by atoms with E-state index in [0.717, 1.165) is 22.6 Å². The molecule has 0 bridgehead atoms. The predicted octanol–water partition coefficient (Wildman–Crippen LogP) is 1.88. The summed E-state index contributed by atoms with van der Waals surface area (Å²) in [6.45, 7) is 1.26. The van der Waals surface area contributed by atoms with Crippen LogP contribution in [0.5, 0.6) is 0 Å². The van der Waals surface area contributed by atoms with Crippen molar-refractivity contribution >= 4 is 51.0 Å². The number of carbonyl (C=O) groups excluding carboxylic acids is 1. The van der Waals surface area contributed by atoms with Gasteiger partial charge in [0, 0.05) is 30.6 Å². The van der Waals surface area contributed by atoms with E-state index in [4.69, 9.17) is 5.73 Å². The van der Waals surface area contributed by atoms with Crippen molar-refractivity contribution in [2.24, 2.45) is 5.73 Å². The number of hydrogen-bond acceptors (Lipinski definition) is 6. The van der Waals surface area contributed by atoms with Crippen LogP contribution in [0.4, 0.5) is 0 Å². The molecule has 3 rings (SSSR count). The summed E-state index contributed by atoms with van der Waals surface area (Å²) in [6.07, 6.45) is 0.746. The monoisotopic (exact) mass is 407 g/mol. The van der Waals surface area contributed by atoms with E-state index in [-0.39, 0.29) is 40.7 Å². The fourth-order valence-electron chi connectivity index (χ4n) is 2.44. The number of hydrogen-bond donors (Lipinski definition) is 2. The highest BCUT2D eigenvalue weighted by Crippen LogP contribution is 2.25. The van der Waals surface area contributed by atoms with Gasteiger partial charge in [0.1, 0.15) is 9.77 Å². The van der Waals surface area contributed by atoms with Crippen molar-refractivity contribution in [1.29, 1.82) is 0 Å². The first-order valence-corrected chi connectivity index (χ1v) is 10.4. The van der Waals surface area contributed by atoms with Crippen LogP contribution in [0, 0.1) is 0 Å². The first-order chi connectivity index (χ1) is 11.0. The molecule has 0 spiro atoms. The normalized spacial score (nSPS) is 17.7. The maximum atomic E-state index is 12.5. The molecule has 24 heavy (non-hydrogen) atoms. The summed E-state index contributed by atoms with van der Waals surface area (Å²) in [6, 6.07) is 5.17. The van der Waals surface area contributed by atoms with Crippen LogP contribution in [0.1, 0.15) is 21.0 Å². The van der Waals surface area contributed by atoms with E-state index in [0.29, 0.717) is 13.1 Å². The molecule has 0 aliphatic carbocycles. The minimum Gasteiger partial charge on any atom is -0.336 e. The molecule has 1 aliphatic rings. The van der Waals surface area contributed by atoms with Gasteiger partial charge < -0.3 is 10.6 Å². The fraction of sp³-hybridized carbons (Fsp3) is 0.357. The van der Waals surface area contributed by atoms with Gasteiger partial charge in [-0.05, 0) is 29.3 Å². The molecule has 1 atom stereocenters. The summed E-state index contributed by atoms with van der Waals surface area (Å²) in [5.41, 5.74) is 5.82. The second-order valence-electron chi connectivity index (χ2n) is 5.32. The van der Waals surface area contributed by atoms with Gasteiger partial charge in [-0.25, -0.2) is 13.1 Å². The van der Waals surface area contributed by atoms with Gasteiger partial charge in [-0.15, -0.1) is 35.1 Å². The van der Waals surface area contributed by atoms with Crippen molar-refractivity contribution in [2.75, 3.05) is 13.1 Å². The number of nitrogens with zero attached hydrogens (tertiary/aromatic N) is 1. The first-order valence-electron chi connectivity index (χ1n) is 7.12.